The molecule has 1 saturated carbocycles. The number of hydrogen-bond donors (Lipinski definition) is 2. The molecular weight excluding hydrogens is 178 g/mol. The highest BCUT2D eigenvalue weighted by Crippen LogP contribution is 2.18. The van der Waals surface area contributed by atoms with Crippen LogP contribution in [0.15, 0.2) is 0 Å². The van der Waals surface area contributed by atoms with Crippen molar-refractivity contribution in [2.75, 3.05) is 0 Å². The molecule has 2 amide bonds. The number of carbonyl (C=O) groups is 2. The van der Waals surface area contributed by atoms with Crippen LogP contribution in [0.3, 0.4) is 0 Å². The number of rotatable bonds is 2. The van der Waals surface area contributed by atoms with E-state index in [0.29, 0.717) is 0 Å². The minimum Gasteiger partial charge on any atom is -0.361 e. The number of hydrogen-bond acceptors (Lipinski definition) is 2. The van der Waals surface area contributed by atoms with Crippen LogP contribution >= 0.6 is 0 Å². The Morgan fingerprint density at radius 3 is 1.57 bits per heavy atom. The van der Waals surface area contributed by atoms with E-state index in [1.165, 1.54) is 0 Å². The molecule has 2 unspecified atom stereocenters. The van der Waals surface area contributed by atoms with Crippen molar-refractivity contribution in [3.63, 3.8) is 0 Å². The van der Waals surface area contributed by atoms with E-state index in [1.807, 2.05) is 0 Å². The largest absolute Gasteiger partial charge is 0.361 e. The Bertz CT molecular complexity index is 211. The van der Waals surface area contributed by atoms with Gasteiger partial charge < -0.3 is 10.6 Å². The summed E-state index contributed by atoms with van der Waals surface area (Å²) in [7, 11) is 10.0. The van der Waals surface area contributed by atoms with Crippen LogP contribution in [-0.2, 0) is 0 Å². The van der Waals surface area contributed by atoms with Crippen molar-refractivity contribution in [2.24, 2.45) is 0 Å². The third-order valence-corrected chi connectivity index (χ3v) is 2.42. The lowest BCUT2D eigenvalue weighted by atomic mass is 9.88. The minimum absolute atomic E-state index is 0.0891. The Morgan fingerprint density at radius 1 is 0.929 bits per heavy atom. The molecule has 0 spiro atoms. The van der Waals surface area contributed by atoms with E-state index in [2.05, 4.69) is 10.6 Å². The van der Waals surface area contributed by atoms with E-state index >= 15 is 0 Å². The lowest BCUT2D eigenvalue weighted by Crippen LogP contribution is -2.52. The van der Waals surface area contributed by atoms with Crippen LogP contribution in [0, 0.1) is 0 Å². The van der Waals surface area contributed by atoms with E-state index in [9.17, 15) is 9.59 Å². The summed E-state index contributed by atoms with van der Waals surface area (Å²) in [6.07, 6.45) is 3.71. The topological polar surface area (TPSA) is 58.2 Å². The van der Waals surface area contributed by atoms with Gasteiger partial charge in [0.2, 0.25) is 15.7 Å². The standard InChI is InChI=1S/C8H12B2N2O2/c9-7(13)11-5-3-1-2-4-6(5)12-8(10)14/h5-6H,1-4H2,(H,11,13)(H,12,14). The molecule has 0 aromatic rings. The lowest BCUT2D eigenvalue weighted by molar-refractivity contribution is 0.233. The highest BCUT2D eigenvalue weighted by Gasteiger charge is 2.25. The zero-order valence-electron chi connectivity index (χ0n) is 7.95. The van der Waals surface area contributed by atoms with Gasteiger partial charge in [-0.05, 0) is 12.8 Å². The first-order chi connectivity index (χ1) is 6.59. The molecule has 0 aliphatic heterocycles. The van der Waals surface area contributed by atoms with Gasteiger partial charge in [-0.25, -0.2) is 0 Å². The monoisotopic (exact) mass is 190 g/mol. The second-order valence-corrected chi connectivity index (χ2v) is 3.51. The van der Waals surface area contributed by atoms with Gasteiger partial charge in [0.05, 0.1) is 0 Å². The molecule has 4 nitrogen and oxygen atoms in total. The fourth-order valence-electron chi connectivity index (χ4n) is 1.84. The van der Waals surface area contributed by atoms with Gasteiger partial charge in [-0.3, -0.25) is 9.59 Å². The fraction of sp³-hybridized carbons (Fsp3) is 0.750. The highest BCUT2D eigenvalue weighted by molar-refractivity contribution is 6.57. The number of carbonyl (C=O) groups excluding carboxylic acids is 2. The van der Waals surface area contributed by atoms with E-state index in [-0.39, 0.29) is 12.1 Å². The molecule has 0 aromatic carbocycles. The SMILES string of the molecule is [B]C(=O)NC1CCCCC1NC([B])=O. The van der Waals surface area contributed by atoms with Crippen LogP contribution in [0.25, 0.3) is 0 Å². The summed E-state index contributed by atoms with van der Waals surface area (Å²) >= 11 is 0. The second-order valence-electron chi connectivity index (χ2n) is 3.51. The van der Waals surface area contributed by atoms with Gasteiger partial charge in [0, 0.05) is 12.1 Å². The van der Waals surface area contributed by atoms with Gasteiger partial charge >= 0.3 is 0 Å². The molecule has 6 heteroatoms. The lowest BCUT2D eigenvalue weighted by Gasteiger charge is -2.32. The Kier molecular flexibility index (Phi) is 4.04. The van der Waals surface area contributed by atoms with Gasteiger partial charge in [0.1, 0.15) is 0 Å². The third-order valence-electron chi connectivity index (χ3n) is 2.42. The van der Waals surface area contributed by atoms with Gasteiger partial charge in [-0.1, -0.05) is 12.8 Å². The molecule has 1 aliphatic carbocycles. The summed E-state index contributed by atoms with van der Waals surface area (Å²) in [5.74, 6) is -1.12. The summed E-state index contributed by atoms with van der Waals surface area (Å²) in [4.78, 5) is 21.3. The van der Waals surface area contributed by atoms with Crippen LogP contribution in [0.5, 0.6) is 0 Å². The second kappa shape index (κ2) is 5.08. The van der Waals surface area contributed by atoms with Gasteiger partial charge in [0.25, 0.3) is 0 Å². The predicted molar refractivity (Wildman–Crippen MR) is 54.6 cm³/mol. The van der Waals surface area contributed by atoms with Crippen molar-refractivity contribution >= 4 is 27.3 Å². The predicted octanol–water partition coefficient (Wildman–Crippen LogP) is 0.0538. The van der Waals surface area contributed by atoms with E-state index in [1.54, 1.807) is 0 Å². The number of nitrogens with one attached hydrogen (secondary N) is 2. The minimum atomic E-state index is -0.562. The molecule has 0 bridgehead atoms. The van der Waals surface area contributed by atoms with Crippen molar-refractivity contribution in [1.82, 2.24) is 10.6 Å². The van der Waals surface area contributed by atoms with E-state index in [4.69, 9.17) is 15.7 Å². The van der Waals surface area contributed by atoms with Crippen LogP contribution in [-0.4, -0.2) is 39.4 Å². The average molecular weight is 190 g/mol. The molecule has 2 N–H and O–H groups in total. The van der Waals surface area contributed by atoms with Crippen molar-refractivity contribution < 1.29 is 9.59 Å². The number of amides is 2. The third kappa shape index (κ3) is 3.44. The molecule has 2 atom stereocenters. The normalized spacial score (nSPS) is 26.6. The van der Waals surface area contributed by atoms with Crippen molar-refractivity contribution in [2.45, 2.75) is 37.8 Å². The summed E-state index contributed by atoms with van der Waals surface area (Å²) in [5.41, 5.74) is 0. The molecule has 1 aliphatic rings. The van der Waals surface area contributed by atoms with E-state index in [0.717, 1.165) is 25.7 Å². The molecule has 0 heterocycles. The molecule has 72 valence electrons. The molecule has 1 fully saturated rings. The first kappa shape index (κ1) is 11.1. The van der Waals surface area contributed by atoms with Gasteiger partial charge in [0.15, 0.2) is 11.6 Å². The van der Waals surface area contributed by atoms with Crippen LogP contribution in [0.2, 0.25) is 0 Å². The summed E-state index contributed by atoms with van der Waals surface area (Å²) < 4.78 is 0. The van der Waals surface area contributed by atoms with Crippen LogP contribution in [0.1, 0.15) is 25.7 Å². The van der Waals surface area contributed by atoms with Crippen molar-refractivity contribution in [3.8, 4) is 0 Å². The maximum atomic E-state index is 10.7. The summed E-state index contributed by atoms with van der Waals surface area (Å²) in [5, 5.41) is 5.21. The zero-order valence-corrected chi connectivity index (χ0v) is 7.95. The van der Waals surface area contributed by atoms with E-state index < -0.39 is 11.6 Å². The van der Waals surface area contributed by atoms with Crippen LogP contribution in [0.4, 0.5) is 9.59 Å². The van der Waals surface area contributed by atoms with Crippen molar-refractivity contribution in [3.05, 3.63) is 0 Å². The smallest absolute Gasteiger partial charge is 0.200 e. The average Bonchev–Trinajstić information content (AvgIpc) is 2.06. The molecule has 4 radical (unpaired) electrons. The quantitative estimate of drug-likeness (QED) is 0.604. The first-order valence-electron chi connectivity index (χ1n) is 4.71. The Balaban J connectivity index is 2.49. The van der Waals surface area contributed by atoms with Crippen molar-refractivity contribution in [1.29, 1.82) is 0 Å². The Labute approximate surface area is 86.0 Å². The maximum absolute atomic E-state index is 10.7. The molecule has 1 rings (SSSR count). The van der Waals surface area contributed by atoms with Gasteiger partial charge in [-0.15, -0.1) is 0 Å². The fourth-order valence-corrected chi connectivity index (χ4v) is 1.84. The van der Waals surface area contributed by atoms with Gasteiger partial charge in [-0.2, -0.15) is 0 Å². The maximum Gasteiger partial charge on any atom is 0.200 e. The molecular formula is C8H12B2N2O2. The Morgan fingerprint density at radius 2 is 1.29 bits per heavy atom. The Hall–Kier alpha value is -0.930. The molecule has 14 heavy (non-hydrogen) atoms. The molecule has 0 saturated heterocycles. The zero-order chi connectivity index (χ0) is 10.6. The summed E-state index contributed by atoms with van der Waals surface area (Å²) in [6.45, 7) is 0. The summed E-state index contributed by atoms with van der Waals surface area (Å²) in [6, 6.07) is -0.178. The van der Waals surface area contributed by atoms with Crippen LogP contribution < -0.4 is 10.6 Å². The molecule has 0 aromatic heterocycles. The highest BCUT2D eigenvalue weighted by atomic mass is 16.1. The first-order valence-corrected chi connectivity index (χ1v) is 4.71.